The van der Waals surface area contributed by atoms with Gasteiger partial charge in [0.1, 0.15) is 5.01 Å². The Morgan fingerprint density at radius 3 is 2.43 bits per heavy atom. The van der Waals surface area contributed by atoms with Crippen LogP contribution in [0.4, 0.5) is 5.13 Å². The highest BCUT2D eigenvalue weighted by Crippen LogP contribution is 2.29. The monoisotopic (exact) mass is 343 g/mol. The number of carbonyl (C=O) groups is 1. The highest BCUT2D eigenvalue weighted by atomic mass is 32.1. The summed E-state index contributed by atoms with van der Waals surface area (Å²) in [6.07, 6.45) is 0. The average molecular weight is 343 g/mol. The molecule has 0 aliphatic carbocycles. The van der Waals surface area contributed by atoms with E-state index in [1.807, 2.05) is 23.6 Å². The first kappa shape index (κ1) is 15.8. The van der Waals surface area contributed by atoms with E-state index in [0.717, 1.165) is 10.6 Å². The summed E-state index contributed by atoms with van der Waals surface area (Å²) in [7, 11) is 0. The van der Waals surface area contributed by atoms with Crippen molar-refractivity contribution in [2.24, 2.45) is 0 Å². The van der Waals surface area contributed by atoms with Gasteiger partial charge in [-0.1, -0.05) is 62.4 Å². The van der Waals surface area contributed by atoms with Crippen molar-refractivity contribution < 1.29 is 4.79 Å². The third-order valence-electron chi connectivity index (χ3n) is 3.39. The van der Waals surface area contributed by atoms with Gasteiger partial charge >= 0.3 is 0 Å². The number of hydrogen-bond donors (Lipinski definition) is 1. The Bertz CT molecular complexity index is 799. The van der Waals surface area contributed by atoms with E-state index < -0.39 is 0 Å². The normalized spacial score (nSPS) is 11.4. The molecule has 23 heavy (non-hydrogen) atoms. The van der Waals surface area contributed by atoms with Crippen molar-refractivity contribution in [1.29, 1.82) is 0 Å². The summed E-state index contributed by atoms with van der Waals surface area (Å²) in [5.74, 6) is -0.147. The number of nitrogens with one attached hydrogen (secondary N) is 1. The molecule has 0 aliphatic rings. The van der Waals surface area contributed by atoms with Crippen molar-refractivity contribution in [2.75, 3.05) is 5.32 Å². The number of thiophene rings is 1. The molecule has 0 fully saturated rings. The highest BCUT2D eigenvalue weighted by Gasteiger charge is 2.15. The molecule has 2 aromatic heterocycles. The van der Waals surface area contributed by atoms with Crippen LogP contribution in [0.15, 0.2) is 41.8 Å². The lowest BCUT2D eigenvalue weighted by atomic mass is 9.87. The zero-order valence-electron chi connectivity index (χ0n) is 13.2. The van der Waals surface area contributed by atoms with Crippen molar-refractivity contribution in [2.45, 2.75) is 26.2 Å². The fraction of sp³-hybridized carbons (Fsp3) is 0.235. The Morgan fingerprint density at radius 1 is 1.09 bits per heavy atom. The lowest BCUT2D eigenvalue weighted by Crippen LogP contribution is -2.10. The average Bonchev–Trinajstić information content (AvgIpc) is 3.18. The van der Waals surface area contributed by atoms with Gasteiger partial charge in [-0.05, 0) is 22.4 Å². The van der Waals surface area contributed by atoms with Crippen LogP contribution in [0.3, 0.4) is 0 Å². The molecule has 3 rings (SSSR count). The van der Waals surface area contributed by atoms with Crippen LogP contribution in [0, 0.1) is 0 Å². The van der Waals surface area contributed by atoms with Crippen LogP contribution in [0.2, 0.25) is 0 Å². The molecule has 0 aliphatic heterocycles. The van der Waals surface area contributed by atoms with Crippen LogP contribution in [0.25, 0.3) is 10.6 Å². The van der Waals surface area contributed by atoms with Gasteiger partial charge in [0.25, 0.3) is 5.91 Å². The number of benzene rings is 1. The first-order valence-electron chi connectivity index (χ1n) is 7.23. The molecule has 118 valence electrons. The summed E-state index contributed by atoms with van der Waals surface area (Å²) < 4.78 is 0. The molecule has 0 atom stereocenters. The molecule has 4 nitrogen and oxygen atoms in total. The number of nitrogens with zero attached hydrogens (tertiary/aromatic N) is 2. The van der Waals surface area contributed by atoms with Gasteiger partial charge in [-0.2, -0.15) is 0 Å². The predicted molar refractivity (Wildman–Crippen MR) is 96.3 cm³/mol. The first-order chi connectivity index (χ1) is 10.9. The number of aromatic nitrogens is 2. The zero-order valence-corrected chi connectivity index (χ0v) is 14.8. The molecule has 0 saturated carbocycles. The Labute approximate surface area is 143 Å². The summed E-state index contributed by atoms with van der Waals surface area (Å²) in [5.41, 5.74) is 2.41. The van der Waals surface area contributed by atoms with E-state index in [9.17, 15) is 4.79 Å². The van der Waals surface area contributed by atoms with E-state index in [2.05, 4.69) is 48.4 Å². The maximum Gasteiger partial charge on any atom is 0.267 e. The third kappa shape index (κ3) is 3.65. The second kappa shape index (κ2) is 6.22. The van der Waals surface area contributed by atoms with E-state index in [0.29, 0.717) is 10.0 Å². The van der Waals surface area contributed by atoms with Gasteiger partial charge in [0.15, 0.2) is 0 Å². The third-order valence-corrected chi connectivity index (χ3v) is 5.14. The minimum absolute atomic E-state index is 0.125. The van der Waals surface area contributed by atoms with E-state index in [4.69, 9.17) is 0 Å². The van der Waals surface area contributed by atoms with Crippen molar-refractivity contribution in [3.63, 3.8) is 0 Å². The molecule has 0 unspecified atom stereocenters. The van der Waals surface area contributed by atoms with Gasteiger partial charge in [-0.25, -0.2) is 0 Å². The smallest absolute Gasteiger partial charge is 0.267 e. The van der Waals surface area contributed by atoms with Crippen LogP contribution in [0.5, 0.6) is 0 Å². The topological polar surface area (TPSA) is 54.9 Å². The fourth-order valence-electron chi connectivity index (χ4n) is 2.07. The lowest BCUT2D eigenvalue weighted by Gasteiger charge is -2.18. The van der Waals surface area contributed by atoms with Crippen LogP contribution in [-0.2, 0) is 5.41 Å². The summed E-state index contributed by atoms with van der Waals surface area (Å²) in [5, 5.41) is 14.2. The predicted octanol–water partition coefficient (Wildman–Crippen LogP) is 4.82. The maximum absolute atomic E-state index is 12.0. The second-order valence-corrected chi connectivity index (χ2v) is 8.10. The molecule has 0 spiro atoms. The molecule has 1 aromatic carbocycles. The number of amides is 1. The molecule has 0 radical (unpaired) electrons. The van der Waals surface area contributed by atoms with Gasteiger partial charge in [0.2, 0.25) is 5.13 Å². The highest BCUT2D eigenvalue weighted by molar-refractivity contribution is 7.18. The van der Waals surface area contributed by atoms with Gasteiger partial charge in [-0.3, -0.25) is 10.1 Å². The van der Waals surface area contributed by atoms with Gasteiger partial charge in [0, 0.05) is 5.56 Å². The van der Waals surface area contributed by atoms with Crippen molar-refractivity contribution in [3.8, 4) is 10.6 Å². The van der Waals surface area contributed by atoms with Gasteiger partial charge in [-0.15, -0.1) is 21.5 Å². The largest absolute Gasteiger partial charge is 0.296 e. The summed E-state index contributed by atoms with van der Waals surface area (Å²) >= 11 is 2.78. The van der Waals surface area contributed by atoms with E-state index >= 15 is 0 Å². The van der Waals surface area contributed by atoms with Crippen LogP contribution >= 0.6 is 22.7 Å². The summed E-state index contributed by atoms with van der Waals surface area (Å²) in [6.45, 7) is 6.56. The second-order valence-electron chi connectivity index (χ2n) is 6.17. The minimum Gasteiger partial charge on any atom is -0.296 e. The summed E-state index contributed by atoms with van der Waals surface area (Å²) in [6, 6.07) is 12.0. The molecule has 6 heteroatoms. The van der Waals surface area contributed by atoms with Crippen LogP contribution in [0.1, 0.15) is 36.0 Å². The Kier molecular flexibility index (Phi) is 4.28. The molecule has 1 amide bonds. The fourth-order valence-corrected chi connectivity index (χ4v) is 3.43. The molecule has 2 heterocycles. The molecule has 3 aromatic rings. The number of anilines is 1. The summed E-state index contributed by atoms with van der Waals surface area (Å²) in [4.78, 5) is 12.7. The van der Waals surface area contributed by atoms with Crippen molar-refractivity contribution in [3.05, 3.63) is 52.2 Å². The standard InChI is InChI=1S/C17H17N3OS2/c1-17(2,3)12-8-6-11(7-9-12)15-19-20-16(23-15)18-14(21)13-5-4-10-22-13/h4-10H,1-3H3,(H,18,20,21). The van der Waals surface area contributed by atoms with Crippen molar-refractivity contribution in [1.82, 2.24) is 10.2 Å². The molecule has 0 saturated heterocycles. The van der Waals surface area contributed by atoms with Crippen LogP contribution < -0.4 is 5.32 Å². The van der Waals surface area contributed by atoms with Gasteiger partial charge < -0.3 is 0 Å². The number of rotatable bonds is 3. The molecule has 1 N–H and O–H groups in total. The maximum atomic E-state index is 12.0. The van der Waals surface area contributed by atoms with Crippen molar-refractivity contribution >= 4 is 33.7 Å². The van der Waals surface area contributed by atoms with Crippen LogP contribution in [-0.4, -0.2) is 16.1 Å². The minimum atomic E-state index is -0.147. The quantitative estimate of drug-likeness (QED) is 0.742. The Balaban J connectivity index is 1.75. The molecular weight excluding hydrogens is 326 g/mol. The molecular formula is C17H17N3OS2. The lowest BCUT2D eigenvalue weighted by molar-refractivity contribution is 0.103. The zero-order chi connectivity index (χ0) is 16.4. The number of carbonyl (C=O) groups excluding carboxylic acids is 1. The van der Waals surface area contributed by atoms with E-state index in [-0.39, 0.29) is 11.3 Å². The van der Waals surface area contributed by atoms with E-state index in [1.165, 1.54) is 28.2 Å². The Morgan fingerprint density at radius 2 is 1.83 bits per heavy atom. The number of hydrogen-bond acceptors (Lipinski definition) is 5. The first-order valence-corrected chi connectivity index (χ1v) is 8.92. The van der Waals surface area contributed by atoms with E-state index in [1.54, 1.807) is 6.07 Å². The Hall–Kier alpha value is -2.05. The van der Waals surface area contributed by atoms with Gasteiger partial charge in [0.05, 0.1) is 4.88 Å². The SMILES string of the molecule is CC(C)(C)c1ccc(-c2nnc(NC(=O)c3cccs3)s2)cc1. The molecule has 0 bridgehead atoms.